The molecule has 2 heterocycles. The van der Waals surface area contributed by atoms with Gasteiger partial charge in [-0.2, -0.15) is 0 Å². The lowest BCUT2D eigenvalue weighted by atomic mass is 10.2. The first kappa shape index (κ1) is 20.4. The Morgan fingerprint density at radius 2 is 1.63 bits per heavy atom. The Bertz CT molecular complexity index is 993. The van der Waals surface area contributed by atoms with Crippen LogP contribution in [0.25, 0.3) is 0 Å². The molecular weight excluding hydrogens is 408 g/mol. The summed E-state index contributed by atoms with van der Waals surface area (Å²) in [5.74, 6) is -0.948. The highest BCUT2D eigenvalue weighted by molar-refractivity contribution is 7.13. The molecule has 1 aromatic heterocycles. The maximum Gasteiger partial charge on any atom is 0.286 e. The predicted octanol–water partition coefficient (Wildman–Crippen LogP) is 3.78. The van der Waals surface area contributed by atoms with Crippen molar-refractivity contribution < 1.29 is 13.6 Å². The molecule has 0 unspecified atom stereocenters. The molecule has 0 radical (unpaired) electrons. The van der Waals surface area contributed by atoms with E-state index in [1.165, 1.54) is 47.7 Å². The molecule has 4 rings (SSSR count). The highest BCUT2D eigenvalue weighted by atomic mass is 32.1. The lowest BCUT2D eigenvalue weighted by molar-refractivity contribution is 0.102. The predicted molar refractivity (Wildman–Crippen MR) is 113 cm³/mol. The summed E-state index contributed by atoms with van der Waals surface area (Å²) in [6.07, 6.45) is 0.980. The van der Waals surface area contributed by atoms with Crippen LogP contribution in [0.4, 0.5) is 20.2 Å². The van der Waals surface area contributed by atoms with Gasteiger partial charge < -0.3 is 10.2 Å². The molecule has 1 saturated heterocycles. The molecule has 0 aliphatic carbocycles. The second-order valence-corrected chi connectivity index (χ2v) is 8.12. The van der Waals surface area contributed by atoms with E-state index >= 15 is 0 Å². The van der Waals surface area contributed by atoms with Gasteiger partial charge in [0.15, 0.2) is 0 Å². The standard InChI is InChI=1S/C21H21F2N5OS/c22-15-2-6-17(7-3-15)24-20(29)21-26-25-19(30-21)14-27-10-1-11-28(13-12-27)18-8-4-16(23)5-9-18/h2-9H,1,10-14H2,(H,24,29). The molecule has 9 heteroatoms. The second kappa shape index (κ2) is 9.27. The van der Waals surface area contributed by atoms with Crippen LogP contribution < -0.4 is 10.2 Å². The van der Waals surface area contributed by atoms with Crippen molar-refractivity contribution in [2.75, 3.05) is 36.4 Å². The van der Waals surface area contributed by atoms with Crippen molar-refractivity contribution in [2.45, 2.75) is 13.0 Å². The van der Waals surface area contributed by atoms with Crippen LogP contribution in [0.1, 0.15) is 21.2 Å². The summed E-state index contributed by atoms with van der Waals surface area (Å²) in [5, 5.41) is 11.9. The van der Waals surface area contributed by atoms with Gasteiger partial charge in [-0.15, -0.1) is 10.2 Å². The van der Waals surface area contributed by atoms with Gasteiger partial charge in [0.25, 0.3) is 5.91 Å². The van der Waals surface area contributed by atoms with Gasteiger partial charge in [0.05, 0.1) is 6.54 Å². The fourth-order valence-electron chi connectivity index (χ4n) is 3.36. The van der Waals surface area contributed by atoms with Crippen molar-refractivity contribution in [3.05, 3.63) is 70.2 Å². The first-order chi connectivity index (χ1) is 14.6. The average Bonchev–Trinajstić information content (AvgIpc) is 3.09. The number of aromatic nitrogens is 2. The van der Waals surface area contributed by atoms with Gasteiger partial charge in [-0.05, 0) is 55.0 Å². The van der Waals surface area contributed by atoms with Gasteiger partial charge in [0.2, 0.25) is 5.01 Å². The molecule has 1 amide bonds. The van der Waals surface area contributed by atoms with E-state index in [1.807, 2.05) is 12.1 Å². The summed E-state index contributed by atoms with van der Waals surface area (Å²) >= 11 is 1.26. The summed E-state index contributed by atoms with van der Waals surface area (Å²) in [6, 6.07) is 12.2. The van der Waals surface area contributed by atoms with Crippen molar-refractivity contribution in [3.63, 3.8) is 0 Å². The maximum absolute atomic E-state index is 13.2. The van der Waals surface area contributed by atoms with Crippen molar-refractivity contribution in [1.29, 1.82) is 0 Å². The van der Waals surface area contributed by atoms with E-state index in [0.29, 0.717) is 12.2 Å². The van der Waals surface area contributed by atoms with Gasteiger partial charge in [0, 0.05) is 37.6 Å². The third kappa shape index (κ3) is 5.17. The van der Waals surface area contributed by atoms with Crippen molar-refractivity contribution >= 4 is 28.6 Å². The first-order valence-corrected chi connectivity index (χ1v) is 10.5. The van der Waals surface area contributed by atoms with Crippen molar-refractivity contribution in [2.24, 2.45) is 0 Å². The molecule has 3 aromatic rings. The van der Waals surface area contributed by atoms with E-state index in [4.69, 9.17) is 0 Å². The molecule has 1 fully saturated rings. The molecule has 0 atom stereocenters. The molecule has 156 valence electrons. The number of carbonyl (C=O) groups excluding carboxylic acids is 1. The molecule has 1 aliphatic rings. The molecule has 0 bridgehead atoms. The van der Waals surface area contributed by atoms with Crippen molar-refractivity contribution in [3.8, 4) is 0 Å². The molecule has 1 aliphatic heterocycles. The third-order valence-corrected chi connectivity index (χ3v) is 5.81. The molecule has 1 N–H and O–H groups in total. The minimum atomic E-state index is -0.360. The number of amides is 1. The number of hydrogen-bond donors (Lipinski definition) is 1. The molecule has 0 saturated carbocycles. The number of hydrogen-bond acceptors (Lipinski definition) is 6. The Morgan fingerprint density at radius 1 is 0.933 bits per heavy atom. The topological polar surface area (TPSA) is 61.4 Å². The van der Waals surface area contributed by atoms with Gasteiger partial charge >= 0.3 is 0 Å². The Morgan fingerprint density at radius 3 is 2.37 bits per heavy atom. The maximum atomic E-state index is 13.2. The van der Waals surface area contributed by atoms with Gasteiger partial charge in [-0.25, -0.2) is 8.78 Å². The monoisotopic (exact) mass is 429 g/mol. The van der Waals surface area contributed by atoms with Gasteiger partial charge in [0.1, 0.15) is 16.6 Å². The summed E-state index contributed by atoms with van der Waals surface area (Å²) in [4.78, 5) is 16.9. The Hall–Kier alpha value is -2.91. The lowest BCUT2D eigenvalue weighted by Crippen LogP contribution is -2.30. The van der Waals surface area contributed by atoms with Crippen LogP contribution in [0.15, 0.2) is 48.5 Å². The van der Waals surface area contributed by atoms with E-state index in [1.54, 1.807) is 0 Å². The van der Waals surface area contributed by atoms with Crippen LogP contribution in [-0.2, 0) is 6.54 Å². The van der Waals surface area contributed by atoms with Crippen LogP contribution in [-0.4, -0.2) is 47.2 Å². The van der Waals surface area contributed by atoms with Crippen molar-refractivity contribution in [1.82, 2.24) is 15.1 Å². The zero-order valence-corrected chi connectivity index (χ0v) is 17.0. The fourth-order valence-corrected chi connectivity index (χ4v) is 4.13. The number of halogens is 2. The molecule has 6 nitrogen and oxygen atoms in total. The number of nitrogens with zero attached hydrogens (tertiary/aromatic N) is 4. The molecular formula is C21H21F2N5OS. The Kier molecular flexibility index (Phi) is 6.29. The zero-order chi connectivity index (χ0) is 20.9. The Balaban J connectivity index is 1.32. The number of nitrogens with one attached hydrogen (secondary N) is 1. The normalized spacial score (nSPS) is 15.1. The van der Waals surface area contributed by atoms with Crippen LogP contribution in [0.3, 0.4) is 0 Å². The molecule has 0 spiro atoms. The number of carbonyl (C=O) groups is 1. The highest BCUT2D eigenvalue weighted by Crippen LogP contribution is 2.19. The minimum absolute atomic E-state index is 0.231. The average molecular weight is 429 g/mol. The second-order valence-electron chi connectivity index (χ2n) is 7.06. The van der Waals surface area contributed by atoms with Crippen LogP contribution >= 0.6 is 11.3 Å². The van der Waals surface area contributed by atoms with E-state index in [2.05, 4.69) is 25.3 Å². The minimum Gasteiger partial charge on any atom is -0.370 e. The third-order valence-electron chi connectivity index (χ3n) is 4.90. The first-order valence-electron chi connectivity index (χ1n) is 9.69. The highest BCUT2D eigenvalue weighted by Gasteiger charge is 2.19. The zero-order valence-electron chi connectivity index (χ0n) is 16.2. The van der Waals surface area contributed by atoms with Gasteiger partial charge in [-0.1, -0.05) is 11.3 Å². The smallest absolute Gasteiger partial charge is 0.286 e. The van der Waals surface area contributed by atoms with E-state index in [9.17, 15) is 13.6 Å². The van der Waals surface area contributed by atoms with Crippen LogP contribution in [0, 0.1) is 11.6 Å². The number of anilines is 2. The van der Waals surface area contributed by atoms with E-state index in [-0.39, 0.29) is 22.5 Å². The summed E-state index contributed by atoms with van der Waals surface area (Å²) in [6.45, 7) is 4.12. The summed E-state index contributed by atoms with van der Waals surface area (Å²) < 4.78 is 26.1. The number of rotatable bonds is 5. The Labute approximate surface area is 177 Å². The van der Waals surface area contributed by atoms with E-state index < -0.39 is 0 Å². The fraction of sp³-hybridized carbons (Fsp3) is 0.286. The van der Waals surface area contributed by atoms with Crippen LogP contribution in [0.5, 0.6) is 0 Å². The molecule has 30 heavy (non-hydrogen) atoms. The summed E-state index contributed by atoms with van der Waals surface area (Å²) in [5.41, 5.74) is 1.53. The van der Waals surface area contributed by atoms with Crippen LogP contribution in [0.2, 0.25) is 0 Å². The summed E-state index contributed by atoms with van der Waals surface area (Å²) in [7, 11) is 0. The SMILES string of the molecule is O=C(Nc1ccc(F)cc1)c1nnc(CN2CCCN(c3ccc(F)cc3)CC2)s1. The van der Waals surface area contributed by atoms with Gasteiger partial charge in [-0.3, -0.25) is 9.69 Å². The quantitative estimate of drug-likeness (QED) is 0.669. The number of benzene rings is 2. The lowest BCUT2D eigenvalue weighted by Gasteiger charge is -2.23. The van der Waals surface area contributed by atoms with E-state index in [0.717, 1.165) is 43.3 Å². The molecule has 2 aromatic carbocycles. The largest absolute Gasteiger partial charge is 0.370 e.